The highest BCUT2D eigenvalue weighted by Crippen LogP contribution is 2.20. The second-order valence-corrected chi connectivity index (χ2v) is 5.60. The molecule has 1 aliphatic heterocycles. The van der Waals surface area contributed by atoms with Crippen molar-refractivity contribution in [3.05, 3.63) is 29.3 Å². The Hall–Kier alpha value is -1.64. The summed E-state index contributed by atoms with van der Waals surface area (Å²) in [6.45, 7) is 0.277. The number of carbonyl (C=O) groups is 1. The van der Waals surface area contributed by atoms with Gasteiger partial charge in [0.05, 0.1) is 19.2 Å². The van der Waals surface area contributed by atoms with E-state index in [2.05, 4.69) is 17.2 Å². The lowest BCUT2D eigenvalue weighted by Crippen LogP contribution is -2.34. The van der Waals surface area contributed by atoms with Gasteiger partial charge in [-0.1, -0.05) is 11.8 Å². The Balaban J connectivity index is 2.16. The quantitative estimate of drug-likeness (QED) is 0.822. The molecular weight excluding hydrogens is 272 g/mol. The summed E-state index contributed by atoms with van der Waals surface area (Å²) in [6.07, 6.45) is 1.03. The average Bonchev–Trinajstić information content (AvgIpc) is 2.97. The van der Waals surface area contributed by atoms with Crippen molar-refractivity contribution in [3.63, 3.8) is 0 Å². The van der Waals surface area contributed by atoms with Gasteiger partial charge >= 0.3 is 0 Å². The Bertz CT molecular complexity index is 543. The van der Waals surface area contributed by atoms with Crippen LogP contribution in [0.15, 0.2) is 18.2 Å². The van der Waals surface area contributed by atoms with Crippen LogP contribution in [0.5, 0.6) is 5.75 Å². The lowest BCUT2D eigenvalue weighted by molar-refractivity contribution is 0.0941. The minimum Gasteiger partial charge on any atom is -0.495 e. The summed E-state index contributed by atoms with van der Waals surface area (Å²) in [5.41, 5.74) is 6.67. The van der Waals surface area contributed by atoms with E-state index in [4.69, 9.17) is 10.5 Å². The fourth-order valence-corrected chi connectivity index (χ4v) is 3.16. The van der Waals surface area contributed by atoms with E-state index in [-0.39, 0.29) is 18.5 Å². The first-order chi connectivity index (χ1) is 9.74. The van der Waals surface area contributed by atoms with Crippen LogP contribution >= 0.6 is 11.8 Å². The molecule has 1 aromatic rings. The molecular formula is C15H18N2O2S. The van der Waals surface area contributed by atoms with E-state index in [0.717, 1.165) is 17.9 Å². The molecule has 1 fully saturated rings. The summed E-state index contributed by atoms with van der Waals surface area (Å²) in [7, 11) is 1.58. The monoisotopic (exact) mass is 290 g/mol. The number of thioether (sulfide) groups is 1. The van der Waals surface area contributed by atoms with Gasteiger partial charge in [0, 0.05) is 17.4 Å². The predicted molar refractivity (Wildman–Crippen MR) is 82.1 cm³/mol. The van der Waals surface area contributed by atoms with Crippen LogP contribution in [0.1, 0.15) is 22.3 Å². The molecule has 20 heavy (non-hydrogen) atoms. The molecule has 0 aromatic heterocycles. The number of nitrogens with two attached hydrogens (primary N) is 1. The van der Waals surface area contributed by atoms with Gasteiger partial charge in [0.15, 0.2) is 0 Å². The number of hydrogen-bond donors (Lipinski definition) is 2. The standard InChI is InChI=1S/C15H18N2O2S/c1-19-14-5-4-12(9-11(14)3-2-7-16)15(18)17-13-6-8-20-10-13/h4-5,9,13H,6-8,10,16H2,1H3,(H,17,18). The van der Waals surface area contributed by atoms with Gasteiger partial charge in [-0.15, -0.1) is 0 Å². The highest BCUT2D eigenvalue weighted by Gasteiger charge is 2.18. The summed E-state index contributed by atoms with van der Waals surface area (Å²) in [6, 6.07) is 5.54. The fraction of sp³-hybridized carbons (Fsp3) is 0.400. The second kappa shape index (κ2) is 7.22. The van der Waals surface area contributed by atoms with Crippen molar-refractivity contribution < 1.29 is 9.53 Å². The minimum atomic E-state index is -0.0593. The molecule has 1 amide bonds. The van der Waals surface area contributed by atoms with Crippen LogP contribution in [0.25, 0.3) is 0 Å². The van der Waals surface area contributed by atoms with E-state index < -0.39 is 0 Å². The van der Waals surface area contributed by atoms with E-state index in [1.165, 1.54) is 0 Å². The minimum absolute atomic E-state index is 0.0593. The van der Waals surface area contributed by atoms with Crippen LogP contribution in [0.2, 0.25) is 0 Å². The number of ether oxygens (including phenoxy) is 1. The number of methoxy groups -OCH3 is 1. The molecule has 0 saturated carbocycles. The molecule has 5 heteroatoms. The van der Waals surface area contributed by atoms with E-state index in [1.807, 2.05) is 11.8 Å². The zero-order valence-electron chi connectivity index (χ0n) is 11.4. The Morgan fingerprint density at radius 1 is 1.60 bits per heavy atom. The fourth-order valence-electron chi connectivity index (χ4n) is 2.01. The van der Waals surface area contributed by atoms with Gasteiger partial charge in [0.1, 0.15) is 5.75 Å². The van der Waals surface area contributed by atoms with Crippen LogP contribution in [-0.4, -0.2) is 37.1 Å². The van der Waals surface area contributed by atoms with Crippen molar-refractivity contribution in [1.29, 1.82) is 0 Å². The molecule has 1 atom stereocenters. The number of hydrogen-bond acceptors (Lipinski definition) is 4. The molecule has 0 aliphatic carbocycles. The van der Waals surface area contributed by atoms with E-state index in [1.54, 1.807) is 25.3 Å². The smallest absolute Gasteiger partial charge is 0.251 e. The van der Waals surface area contributed by atoms with E-state index in [0.29, 0.717) is 16.9 Å². The van der Waals surface area contributed by atoms with Crippen molar-refractivity contribution in [2.75, 3.05) is 25.2 Å². The molecule has 1 saturated heterocycles. The van der Waals surface area contributed by atoms with Gasteiger partial charge in [0.2, 0.25) is 0 Å². The topological polar surface area (TPSA) is 64.3 Å². The highest BCUT2D eigenvalue weighted by molar-refractivity contribution is 7.99. The van der Waals surface area contributed by atoms with E-state index in [9.17, 15) is 4.79 Å². The number of benzene rings is 1. The molecule has 1 aromatic carbocycles. The lowest BCUT2D eigenvalue weighted by Gasteiger charge is -2.12. The van der Waals surface area contributed by atoms with Crippen LogP contribution in [0.4, 0.5) is 0 Å². The van der Waals surface area contributed by atoms with Crippen LogP contribution in [-0.2, 0) is 0 Å². The van der Waals surface area contributed by atoms with Gasteiger partial charge in [-0.3, -0.25) is 4.79 Å². The lowest BCUT2D eigenvalue weighted by atomic mass is 10.1. The van der Waals surface area contributed by atoms with Crippen molar-refractivity contribution in [2.45, 2.75) is 12.5 Å². The predicted octanol–water partition coefficient (Wildman–Crippen LogP) is 1.24. The van der Waals surface area contributed by atoms with Gasteiger partial charge in [-0.25, -0.2) is 0 Å². The highest BCUT2D eigenvalue weighted by atomic mass is 32.2. The van der Waals surface area contributed by atoms with Crippen molar-refractivity contribution in [1.82, 2.24) is 5.32 Å². The molecule has 1 heterocycles. The molecule has 0 bridgehead atoms. The molecule has 2 rings (SSSR count). The largest absolute Gasteiger partial charge is 0.495 e. The maximum Gasteiger partial charge on any atom is 0.251 e. The molecule has 0 radical (unpaired) electrons. The molecule has 1 aliphatic rings. The zero-order chi connectivity index (χ0) is 14.4. The Morgan fingerprint density at radius 2 is 2.45 bits per heavy atom. The van der Waals surface area contributed by atoms with Crippen LogP contribution < -0.4 is 15.8 Å². The number of rotatable bonds is 3. The Labute approximate surface area is 123 Å². The van der Waals surface area contributed by atoms with Gasteiger partial charge < -0.3 is 15.8 Å². The maximum absolute atomic E-state index is 12.2. The van der Waals surface area contributed by atoms with Crippen LogP contribution in [0.3, 0.4) is 0 Å². The summed E-state index contributed by atoms with van der Waals surface area (Å²) in [5.74, 6) is 8.40. The Morgan fingerprint density at radius 3 is 3.10 bits per heavy atom. The third-order valence-corrected chi connectivity index (χ3v) is 4.21. The van der Waals surface area contributed by atoms with E-state index >= 15 is 0 Å². The number of carbonyl (C=O) groups excluding carboxylic acids is 1. The van der Waals surface area contributed by atoms with Crippen LogP contribution in [0, 0.1) is 11.8 Å². The SMILES string of the molecule is COc1ccc(C(=O)NC2CCSC2)cc1C#CCN. The summed E-state index contributed by atoms with van der Waals surface area (Å²) in [4.78, 5) is 12.2. The van der Waals surface area contributed by atoms with Crippen molar-refractivity contribution in [3.8, 4) is 17.6 Å². The molecule has 1 unspecified atom stereocenters. The summed E-state index contributed by atoms with van der Waals surface area (Å²) in [5, 5.41) is 3.04. The first-order valence-corrected chi connectivity index (χ1v) is 7.65. The maximum atomic E-state index is 12.2. The first kappa shape index (κ1) is 14.8. The number of nitrogens with one attached hydrogen (secondary N) is 1. The second-order valence-electron chi connectivity index (χ2n) is 4.45. The Kier molecular flexibility index (Phi) is 5.33. The molecule has 0 spiro atoms. The molecule has 3 N–H and O–H groups in total. The zero-order valence-corrected chi connectivity index (χ0v) is 12.3. The summed E-state index contributed by atoms with van der Waals surface area (Å²) >= 11 is 1.87. The average molecular weight is 290 g/mol. The third kappa shape index (κ3) is 3.69. The summed E-state index contributed by atoms with van der Waals surface area (Å²) < 4.78 is 5.23. The third-order valence-electron chi connectivity index (χ3n) is 3.05. The van der Waals surface area contributed by atoms with Gasteiger partial charge in [-0.05, 0) is 30.4 Å². The normalized spacial score (nSPS) is 17.2. The number of amides is 1. The first-order valence-electron chi connectivity index (χ1n) is 6.50. The van der Waals surface area contributed by atoms with Crippen molar-refractivity contribution in [2.24, 2.45) is 5.73 Å². The van der Waals surface area contributed by atoms with Gasteiger partial charge in [-0.2, -0.15) is 11.8 Å². The van der Waals surface area contributed by atoms with Crippen molar-refractivity contribution >= 4 is 17.7 Å². The molecule has 106 valence electrons. The van der Waals surface area contributed by atoms with Gasteiger partial charge in [0.25, 0.3) is 5.91 Å². The molecule has 4 nitrogen and oxygen atoms in total.